The molecule has 45 heavy (non-hydrogen) atoms. The molecule has 238 valence electrons. The average Bonchev–Trinajstić information content (AvgIpc) is 3.48. The Bertz CT molecular complexity index is 1510. The third kappa shape index (κ3) is 9.37. The van der Waals surface area contributed by atoms with Crippen molar-refractivity contribution in [3.63, 3.8) is 0 Å². The van der Waals surface area contributed by atoms with E-state index in [1.165, 1.54) is 11.6 Å². The predicted octanol–water partition coefficient (Wildman–Crippen LogP) is 6.69. The van der Waals surface area contributed by atoms with Crippen molar-refractivity contribution in [3.05, 3.63) is 95.1 Å². The summed E-state index contributed by atoms with van der Waals surface area (Å²) in [4.78, 5) is 28.1. The molecule has 0 aliphatic carbocycles. The maximum absolute atomic E-state index is 12.3. The molecule has 8 nitrogen and oxygen atoms in total. The van der Waals surface area contributed by atoms with E-state index >= 15 is 0 Å². The van der Waals surface area contributed by atoms with Gasteiger partial charge in [-0.25, -0.2) is 4.98 Å². The maximum atomic E-state index is 12.3. The number of nitrogens with zero attached hydrogens (tertiary/aromatic N) is 1. The van der Waals surface area contributed by atoms with Crippen LogP contribution >= 0.6 is 23.1 Å². The number of aromatic nitrogens is 1. The molecule has 10 heteroatoms. The standard InChI is InChI=1S/C35H41N3O5S2/c1-23-30(22-44-35-38-29-8-5-6-9-31(29)45-35)42-34(43-33(23)27-15-13-26(21-39)14-16-27)28-17-11-25(12-18-28)20-37-32(41)10-4-3-7-19-36-24(2)40/h5-6,8-9,11-18,23,30,33-34,39H,3-4,7,10,19-22H2,1-2H3,(H,36,40)(H,37,41). The van der Waals surface area contributed by atoms with Crippen LogP contribution in [0.1, 0.15) is 74.2 Å². The van der Waals surface area contributed by atoms with Crippen LogP contribution in [0.3, 0.4) is 0 Å². The third-order valence-electron chi connectivity index (χ3n) is 7.96. The second-order valence-electron chi connectivity index (χ2n) is 11.4. The number of unbranched alkanes of at least 4 members (excludes halogenated alkanes) is 2. The Kier molecular flexibility index (Phi) is 12.0. The summed E-state index contributed by atoms with van der Waals surface area (Å²) in [7, 11) is 0. The normalized spacial score (nSPS) is 19.8. The van der Waals surface area contributed by atoms with Crippen LogP contribution in [-0.2, 0) is 32.2 Å². The molecule has 2 heterocycles. The molecule has 1 fully saturated rings. The molecule has 1 aromatic heterocycles. The van der Waals surface area contributed by atoms with Crippen LogP contribution in [0.4, 0.5) is 0 Å². The molecule has 1 aliphatic heterocycles. The van der Waals surface area contributed by atoms with E-state index in [0.29, 0.717) is 19.5 Å². The molecule has 4 unspecified atom stereocenters. The van der Waals surface area contributed by atoms with Gasteiger partial charge in [0.25, 0.3) is 0 Å². The second kappa shape index (κ2) is 16.3. The summed E-state index contributed by atoms with van der Waals surface area (Å²) < 4.78 is 15.4. The SMILES string of the molecule is CC(=O)NCCCCCC(=O)NCc1ccc(C2OC(CSc3nc4ccccc4s3)C(C)C(c3ccc(CO)cc3)O2)cc1. The van der Waals surface area contributed by atoms with Crippen molar-refractivity contribution in [2.45, 2.75) is 75.5 Å². The van der Waals surface area contributed by atoms with Crippen LogP contribution in [0.2, 0.25) is 0 Å². The van der Waals surface area contributed by atoms with E-state index in [0.717, 1.165) is 57.1 Å². The Morgan fingerprint density at radius 3 is 2.38 bits per heavy atom. The largest absolute Gasteiger partial charge is 0.392 e. The summed E-state index contributed by atoms with van der Waals surface area (Å²) in [6.45, 7) is 4.78. The number of aliphatic hydroxyl groups excluding tert-OH is 1. The molecule has 0 spiro atoms. The van der Waals surface area contributed by atoms with Crippen molar-refractivity contribution in [1.29, 1.82) is 0 Å². The molecule has 3 N–H and O–H groups in total. The molecule has 4 atom stereocenters. The van der Waals surface area contributed by atoms with Crippen molar-refractivity contribution >= 4 is 45.1 Å². The van der Waals surface area contributed by atoms with Gasteiger partial charge in [-0.2, -0.15) is 0 Å². The number of rotatable bonds is 14. The minimum Gasteiger partial charge on any atom is -0.392 e. The summed E-state index contributed by atoms with van der Waals surface area (Å²) in [5.74, 6) is 0.824. The second-order valence-corrected chi connectivity index (χ2v) is 13.7. The zero-order valence-corrected chi connectivity index (χ0v) is 27.4. The Hall–Kier alpha value is -3.28. The lowest BCUT2D eigenvalue weighted by molar-refractivity contribution is -0.268. The number of nitrogens with one attached hydrogen (secondary N) is 2. The minimum atomic E-state index is -0.550. The number of ether oxygens (including phenoxy) is 2. The average molecular weight is 648 g/mol. The summed E-state index contributed by atoms with van der Waals surface area (Å²) in [6.07, 6.45) is 2.21. The van der Waals surface area contributed by atoms with Crippen molar-refractivity contribution in [1.82, 2.24) is 15.6 Å². The highest BCUT2D eigenvalue weighted by Gasteiger charge is 2.38. The lowest BCUT2D eigenvalue weighted by Gasteiger charge is -2.41. The highest BCUT2D eigenvalue weighted by atomic mass is 32.2. The van der Waals surface area contributed by atoms with Crippen LogP contribution in [0.25, 0.3) is 10.2 Å². The van der Waals surface area contributed by atoms with Crippen LogP contribution < -0.4 is 10.6 Å². The summed E-state index contributed by atoms with van der Waals surface area (Å²) in [5.41, 5.74) is 4.85. The van der Waals surface area contributed by atoms with E-state index in [1.807, 2.05) is 66.7 Å². The molecule has 1 aliphatic rings. The first-order valence-corrected chi connectivity index (χ1v) is 17.3. The van der Waals surface area contributed by atoms with Gasteiger partial charge in [-0.3, -0.25) is 9.59 Å². The predicted molar refractivity (Wildman–Crippen MR) is 179 cm³/mol. The van der Waals surface area contributed by atoms with E-state index in [2.05, 4.69) is 23.6 Å². The first-order chi connectivity index (χ1) is 21.9. The number of thiazole rings is 1. The van der Waals surface area contributed by atoms with Gasteiger partial charge < -0.3 is 25.2 Å². The number of carbonyl (C=O) groups excluding carboxylic acids is 2. The molecular weight excluding hydrogens is 607 g/mol. The third-order valence-corrected chi connectivity index (χ3v) is 10.2. The van der Waals surface area contributed by atoms with Crippen molar-refractivity contribution in [2.24, 2.45) is 5.92 Å². The molecule has 1 saturated heterocycles. The Labute approximate surface area is 272 Å². The van der Waals surface area contributed by atoms with E-state index < -0.39 is 6.29 Å². The van der Waals surface area contributed by atoms with Gasteiger partial charge in [-0.1, -0.05) is 85.8 Å². The Morgan fingerprint density at radius 1 is 0.911 bits per heavy atom. The lowest BCUT2D eigenvalue weighted by Crippen LogP contribution is -2.38. The fourth-order valence-corrected chi connectivity index (χ4v) is 7.57. The number of benzene rings is 3. The van der Waals surface area contributed by atoms with Crippen LogP contribution in [0.15, 0.2) is 77.1 Å². The molecule has 0 saturated carbocycles. The number of carbonyl (C=O) groups is 2. The Morgan fingerprint density at radius 2 is 1.64 bits per heavy atom. The number of hydrogen-bond acceptors (Lipinski definition) is 8. The van der Waals surface area contributed by atoms with Gasteiger partial charge in [0.15, 0.2) is 10.6 Å². The van der Waals surface area contributed by atoms with Gasteiger partial charge >= 0.3 is 0 Å². The number of amides is 2. The van der Waals surface area contributed by atoms with Crippen molar-refractivity contribution in [3.8, 4) is 0 Å². The molecule has 5 rings (SSSR count). The number of aliphatic hydroxyl groups is 1. The summed E-state index contributed by atoms with van der Waals surface area (Å²) in [5, 5.41) is 15.3. The molecular formula is C35H41N3O5S2. The molecule has 4 aromatic rings. The highest BCUT2D eigenvalue weighted by molar-refractivity contribution is 8.01. The fourth-order valence-electron chi connectivity index (χ4n) is 5.31. The first kappa shape index (κ1) is 33.1. The lowest BCUT2D eigenvalue weighted by atomic mass is 9.91. The smallest absolute Gasteiger partial charge is 0.220 e. The monoisotopic (exact) mass is 647 g/mol. The van der Waals surface area contributed by atoms with Gasteiger partial charge in [0, 0.05) is 43.7 Å². The molecule has 3 aromatic carbocycles. The first-order valence-electron chi connectivity index (χ1n) is 15.5. The Balaban J connectivity index is 1.20. The molecule has 2 amide bonds. The van der Waals surface area contributed by atoms with Gasteiger partial charge in [0.2, 0.25) is 11.8 Å². The molecule has 0 bridgehead atoms. The zero-order chi connectivity index (χ0) is 31.6. The number of fused-ring (bicyclic) bond motifs is 1. The van der Waals surface area contributed by atoms with Gasteiger partial charge in [-0.15, -0.1) is 11.3 Å². The fraction of sp³-hybridized carbons (Fsp3) is 0.400. The summed E-state index contributed by atoms with van der Waals surface area (Å²) in [6, 6.07) is 24.1. The van der Waals surface area contributed by atoms with Gasteiger partial charge in [0.05, 0.1) is 29.0 Å². The van der Waals surface area contributed by atoms with Crippen molar-refractivity contribution < 1.29 is 24.2 Å². The van der Waals surface area contributed by atoms with Crippen LogP contribution in [-0.4, -0.2) is 40.3 Å². The number of para-hydroxylation sites is 1. The zero-order valence-electron chi connectivity index (χ0n) is 25.7. The topological polar surface area (TPSA) is 110 Å². The number of thioether (sulfide) groups is 1. The van der Waals surface area contributed by atoms with E-state index in [4.69, 9.17) is 14.5 Å². The van der Waals surface area contributed by atoms with Crippen molar-refractivity contribution in [2.75, 3.05) is 12.3 Å². The van der Waals surface area contributed by atoms with Crippen LogP contribution in [0.5, 0.6) is 0 Å². The van der Waals surface area contributed by atoms with Crippen LogP contribution in [0, 0.1) is 5.92 Å². The quantitative estimate of drug-likeness (QED) is 0.103. The van der Waals surface area contributed by atoms with Gasteiger partial charge in [0.1, 0.15) is 0 Å². The van der Waals surface area contributed by atoms with E-state index in [1.54, 1.807) is 23.1 Å². The summed E-state index contributed by atoms with van der Waals surface area (Å²) >= 11 is 3.42. The molecule has 0 radical (unpaired) electrons. The number of hydrogen-bond donors (Lipinski definition) is 3. The van der Waals surface area contributed by atoms with Gasteiger partial charge in [-0.05, 0) is 41.7 Å². The van der Waals surface area contributed by atoms with E-state index in [-0.39, 0.29) is 36.5 Å². The highest BCUT2D eigenvalue weighted by Crippen LogP contribution is 2.43. The minimum absolute atomic E-state index is 0.00125. The maximum Gasteiger partial charge on any atom is 0.220 e. The van der Waals surface area contributed by atoms with E-state index in [9.17, 15) is 14.7 Å².